The zero-order valence-electron chi connectivity index (χ0n) is 14.7. The number of nitrogens with zero attached hydrogens (tertiary/aromatic N) is 2. The number of hydrogen-bond donors (Lipinski definition) is 1. The van der Waals surface area contributed by atoms with Gasteiger partial charge in [0.1, 0.15) is 16.8 Å². The van der Waals surface area contributed by atoms with Gasteiger partial charge in [-0.2, -0.15) is 5.26 Å². The van der Waals surface area contributed by atoms with E-state index in [1.165, 1.54) is 11.3 Å². The molecule has 1 amide bonds. The summed E-state index contributed by atoms with van der Waals surface area (Å²) in [6, 6.07) is 18.6. The standard InChI is InChI=1S/C21H17N3O2S/c1-15-14-27-21(23-15)17(12-22)11-16-7-5-6-10-19(16)26-13-20(25)24-18-8-3-2-4-9-18/h2-11,14H,13H2,1H3,(H,24,25)/b17-11+. The summed E-state index contributed by atoms with van der Waals surface area (Å²) in [6.07, 6.45) is 1.72. The molecule has 1 aromatic heterocycles. The van der Waals surface area contributed by atoms with Crippen molar-refractivity contribution in [2.24, 2.45) is 0 Å². The van der Waals surface area contributed by atoms with Crippen LogP contribution in [0.15, 0.2) is 60.0 Å². The third-order valence-electron chi connectivity index (χ3n) is 3.61. The molecule has 2 aromatic carbocycles. The molecule has 3 rings (SSSR count). The molecular weight excluding hydrogens is 358 g/mol. The van der Waals surface area contributed by atoms with Gasteiger partial charge < -0.3 is 10.1 Å². The van der Waals surface area contributed by atoms with Gasteiger partial charge in [-0.25, -0.2) is 4.98 Å². The summed E-state index contributed by atoms with van der Waals surface area (Å²) in [4.78, 5) is 16.4. The predicted molar refractivity (Wildman–Crippen MR) is 107 cm³/mol. The molecule has 0 aliphatic heterocycles. The average molecular weight is 375 g/mol. The van der Waals surface area contributed by atoms with E-state index in [4.69, 9.17) is 4.74 Å². The smallest absolute Gasteiger partial charge is 0.262 e. The first-order valence-corrected chi connectivity index (χ1v) is 9.14. The van der Waals surface area contributed by atoms with E-state index in [0.717, 1.165) is 11.3 Å². The Bertz CT molecular complexity index is 1000. The van der Waals surface area contributed by atoms with Crippen LogP contribution < -0.4 is 10.1 Å². The summed E-state index contributed by atoms with van der Waals surface area (Å²) in [5.74, 6) is 0.276. The molecular formula is C21H17N3O2S. The molecule has 0 bridgehead atoms. The van der Waals surface area contributed by atoms with Gasteiger partial charge in [0.25, 0.3) is 5.91 Å². The van der Waals surface area contributed by atoms with E-state index >= 15 is 0 Å². The van der Waals surface area contributed by atoms with Crippen molar-refractivity contribution < 1.29 is 9.53 Å². The van der Waals surface area contributed by atoms with Gasteiger partial charge in [0.05, 0.1) is 5.57 Å². The molecule has 0 spiro atoms. The highest BCUT2D eigenvalue weighted by Gasteiger charge is 2.10. The summed E-state index contributed by atoms with van der Waals surface area (Å²) in [5.41, 5.74) is 2.76. The minimum absolute atomic E-state index is 0.127. The van der Waals surface area contributed by atoms with Gasteiger partial charge in [-0.15, -0.1) is 11.3 Å². The number of aromatic nitrogens is 1. The highest BCUT2D eigenvalue weighted by atomic mass is 32.1. The van der Waals surface area contributed by atoms with E-state index in [9.17, 15) is 10.1 Å². The van der Waals surface area contributed by atoms with Gasteiger partial charge in [0, 0.05) is 22.3 Å². The van der Waals surface area contributed by atoms with Crippen LogP contribution in [-0.4, -0.2) is 17.5 Å². The van der Waals surface area contributed by atoms with Gasteiger partial charge in [-0.05, 0) is 31.2 Å². The van der Waals surface area contributed by atoms with Gasteiger partial charge in [-0.1, -0.05) is 36.4 Å². The molecule has 0 atom stereocenters. The number of carbonyl (C=O) groups is 1. The molecule has 3 aromatic rings. The SMILES string of the molecule is Cc1csc(/C(C#N)=C/c2ccccc2OCC(=O)Nc2ccccc2)n1. The second-order valence-corrected chi connectivity index (χ2v) is 6.56. The lowest BCUT2D eigenvalue weighted by Gasteiger charge is -2.10. The Labute approximate surface area is 161 Å². The number of nitrogens with one attached hydrogen (secondary N) is 1. The maximum Gasteiger partial charge on any atom is 0.262 e. The van der Waals surface area contributed by atoms with E-state index in [0.29, 0.717) is 22.0 Å². The van der Waals surface area contributed by atoms with Crippen molar-refractivity contribution in [1.29, 1.82) is 5.26 Å². The number of amides is 1. The lowest BCUT2D eigenvalue weighted by molar-refractivity contribution is -0.118. The third-order valence-corrected chi connectivity index (χ3v) is 4.60. The Morgan fingerprint density at radius 3 is 2.67 bits per heavy atom. The van der Waals surface area contributed by atoms with Crippen molar-refractivity contribution in [2.75, 3.05) is 11.9 Å². The Kier molecular flexibility index (Phi) is 5.98. The van der Waals surface area contributed by atoms with Crippen molar-refractivity contribution in [1.82, 2.24) is 4.98 Å². The van der Waals surface area contributed by atoms with Crippen molar-refractivity contribution >= 4 is 34.6 Å². The van der Waals surface area contributed by atoms with Crippen molar-refractivity contribution in [3.05, 3.63) is 76.2 Å². The lowest BCUT2D eigenvalue weighted by atomic mass is 10.1. The van der Waals surface area contributed by atoms with Gasteiger partial charge >= 0.3 is 0 Å². The molecule has 0 saturated heterocycles. The zero-order chi connectivity index (χ0) is 19.1. The fourth-order valence-electron chi connectivity index (χ4n) is 2.37. The minimum atomic E-state index is -0.254. The minimum Gasteiger partial charge on any atom is -0.483 e. The van der Waals surface area contributed by atoms with Gasteiger partial charge in [0.15, 0.2) is 6.61 Å². The second kappa shape index (κ2) is 8.79. The van der Waals surface area contributed by atoms with Crippen LogP contribution >= 0.6 is 11.3 Å². The zero-order valence-corrected chi connectivity index (χ0v) is 15.5. The Morgan fingerprint density at radius 1 is 1.22 bits per heavy atom. The summed E-state index contributed by atoms with van der Waals surface area (Å²) in [5, 5.41) is 14.8. The van der Waals surface area contributed by atoms with E-state index in [2.05, 4.69) is 16.4 Å². The molecule has 0 aliphatic rings. The first kappa shape index (κ1) is 18.4. The van der Waals surface area contributed by atoms with Crippen LogP contribution in [0.4, 0.5) is 5.69 Å². The number of thiazole rings is 1. The maximum atomic E-state index is 12.1. The van der Waals surface area contributed by atoms with Crippen molar-refractivity contribution in [2.45, 2.75) is 6.92 Å². The molecule has 5 nitrogen and oxygen atoms in total. The molecule has 6 heteroatoms. The molecule has 0 saturated carbocycles. The normalized spacial score (nSPS) is 10.9. The van der Waals surface area contributed by atoms with Gasteiger partial charge in [0.2, 0.25) is 0 Å². The third kappa shape index (κ3) is 5.03. The fourth-order valence-corrected chi connectivity index (χ4v) is 3.13. The van der Waals surface area contributed by atoms with Crippen LogP contribution in [0.25, 0.3) is 11.6 Å². The number of para-hydroxylation sites is 2. The molecule has 1 heterocycles. The van der Waals surface area contributed by atoms with Crippen LogP contribution in [0.2, 0.25) is 0 Å². The molecule has 134 valence electrons. The Hall–Kier alpha value is -3.43. The van der Waals surface area contributed by atoms with Crippen LogP contribution in [0, 0.1) is 18.3 Å². The van der Waals surface area contributed by atoms with E-state index in [1.807, 2.05) is 60.8 Å². The monoisotopic (exact) mass is 375 g/mol. The average Bonchev–Trinajstić information content (AvgIpc) is 3.12. The molecule has 0 fully saturated rings. The summed E-state index contributed by atoms with van der Waals surface area (Å²) in [6.45, 7) is 1.76. The Balaban J connectivity index is 1.73. The molecule has 0 unspecified atom stereocenters. The van der Waals surface area contributed by atoms with E-state index < -0.39 is 0 Å². The number of hydrogen-bond acceptors (Lipinski definition) is 5. The summed E-state index contributed by atoms with van der Waals surface area (Å²) >= 11 is 1.42. The predicted octanol–water partition coefficient (Wildman–Crippen LogP) is 4.53. The number of anilines is 1. The van der Waals surface area contributed by atoms with Crippen LogP contribution in [0.1, 0.15) is 16.3 Å². The Morgan fingerprint density at radius 2 is 1.96 bits per heavy atom. The number of benzene rings is 2. The van der Waals surface area contributed by atoms with Crippen LogP contribution in [0.5, 0.6) is 5.75 Å². The first-order chi connectivity index (χ1) is 13.2. The number of ether oxygens (including phenoxy) is 1. The number of allylic oxidation sites excluding steroid dienone is 1. The van der Waals surface area contributed by atoms with Crippen molar-refractivity contribution in [3.63, 3.8) is 0 Å². The maximum absolute atomic E-state index is 12.1. The molecule has 0 aliphatic carbocycles. The number of nitriles is 1. The van der Waals surface area contributed by atoms with E-state index in [1.54, 1.807) is 12.1 Å². The van der Waals surface area contributed by atoms with Crippen LogP contribution in [0.3, 0.4) is 0 Å². The number of carbonyl (C=O) groups excluding carboxylic acids is 1. The topological polar surface area (TPSA) is 75.0 Å². The number of rotatable bonds is 6. The van der Waals surface area contributed by atoms with Crippen LogP contribution in [-0.2, 0) is 4.79 Å². The largest absolute Gasteiger partial charge is 0.483 e. The summed E-state index contributed by atoms with van der Waals surface area (Å²) in [7, 11) is 0. The van der Waals surface area contributed by atoms with Crippen molar-refractivity contribution in [3.8, 4) is 11.8 Å². The highest BCUT2D eigenvalue weighted by Crippen LogP contribution is 2.26. The quantitative estimate of drug-likeness (QED) is 0.642. The molecule has 27 heavy (non-hydrogen) atoms. The highest BCUT2D eigenvalue weighted by molar-refractivity contribution is 7.11. The lowest BCUT2D eigenvalue weighted by Crippen LogP contribution is -2.20. The van der Waals surface area contributed by atoms with Gasteiger partial charge in [-0.3, -0.25) is 4.79 Å². The second-order valence-electron chi connectivity index (χ2n) is 5.70. The number of aryl methyl sites for hydroxylation is 1. The first-order valence-electron chi connectivity index (χ1n) is 8.27. The van der Waals surface area contributed by atoms with E-state index in [-0.39, 0.29) is 12.5 Å². The molecule has 1 N–H and O–H groups in total. The fraction of sp³-hybridized carbons (Fsp3) is 0.0952. The summed E-state index contributed by atoms with van der Waals surface area (Å²) < 4.78 is 5.67. The molecule has 0 radical (unpaired) electrons.